The highest BCUT2D eigenvalue weighted by molar-refractivity contribution is 5.87. The zero-order valence-electron chi connectivity index (χ0n) is 9.53. The molecule has 0 aliphatic rings. The van der Waals surface area contributed by atoms with Crippen LogP contribution in [0.5, 0.6) is 0 Å². The van der Waals surface area contributed by atoms with Gasteiger partial charge in [-0.3, -0.25) is 9.78 Å². The van der Waals surface area contributed by atoms with E-state index in [1.807, 2.05) is 24.3 Å². The van der Waals surface area contributed by atoms with Crippen molar-refractivity contribution in [1.82, 2.24) is 10.3 Å². The first-order chi connectivity index (χ1) is 8.27. The van der Waals surface area contributed by atoms with E-state index in [0.717, 1.165) is 16.3 Å². The normalized spacial score (nSPS) is 9.47. The van der Waals surface area contributed by atoms with E-state index in [4.69, 9.17) is 0 Å². The third-order valence-electron chi connectivity index (χ3n) is 2.33. The number of carbonyl (C=O) groups excluding carboxylic acids is 1. The van der Waals surface area contributed by atoms with Gasteiger partial charge in [0, 0.05) is 30.3 Å². The van der Waals surface area contributed by atoms with E-state index in [2.05, 4.69) is 22.1 Å². The van der Waals surface area contributed by atoms with Crippen LogP contribution in [0.15, 0.2) is 36.7 Å². The summed E-state index contributed by atoms with van der Waals surface area (Å²) in [7, 11) is 0. The van der Waals surface area contributed by atoms with Crippen molar-refractivity contribution < 1.29 is 4.79 Å². The van der Waals surface area contributed by atoms with Gasteiger partial charge in [0.1, 0.15) is 0 Å². The van der Waals surface area contributed by atoms with Crippen LogP contribution in [-0.2, 0) is 4.79 Å². The predicted molar refractivity (Wildman–Crippen MR) is 67.3 cm³/mol. The summed E-state index contributed by atoms with van der Waals surface area (Å²) < 4.78 is 0. The molecule has 0 aliphatic heterocycles. The van der Waals surface area contributed by atoms with Crippen LogP contribution >= 0.6 is 0 Å². The minimum Gasteiger partial charge on any atom is -0.345 e. The first-order valence-electron chi connectivity index (χ1n) is 5.33. The molecule has 1 aromatic heterocycles. The lowest BCUT2D eigenvalue weighted by atomic mass is 10.1. The Morgan fingerprint density at radius 1 is 1.41 bits per heavy atom. The molecule has 0 unspecified atom stereocenters. The zero-order valence-corrected chi connectivity index (χ0v) is 9.53. The molecule has 84 valence electrons. The van der Waals surface area contributed by atoms with Crippen LogP contribution in [0.3, 0.4) is 0 Å². The second kappa shape index (κ2) is 5.13. The van der Waals surface area contributed by atoms with Crippen molar-refractivity contribution in [3.8, 4) is 11.8 Å². The molecule has 0 radical (unpaired) electrons. The molecule has 0 spiro atoms. The van der Waals surface area contributed by atoms with Gasteiger partial charge >= 0.3 is 0 Å². The Hall–Kier alpha value is -2.34. The van der Waals surface area contributed by atoms with Crippen molar-refractivity contribution in [2.45, 2.75) is 6.92 Å². The van der Waals surface area contributed by atoms with Crippen LogP contribution in [-0.4, -0.2) is 17.4 Å². The molecule has 0 aliphatic carbocycles. The molecule has 0 fully saturated rings. The Labute approximate surface area is 99.9 Å². The molecule has 0 bridgehead atoms. The lowest BCUT2D eigenvalue weighted by molar-refractivity contribution is -0.118. The van der Waals surface area contributed by atoms with E-state index < -0.39 is 0 Å². The number of aromatic nitrogens is 1. The molecule has 3 heteroatoms. The zero-order chi connectivity index (χ0) is 12.1. The van der Waals surface area contributed by atoms with E-state index in [9.17, 15) is 4.79 Å². The first-order valence-corrected chi connectivity index (χ1v) is 5.33. The first kappa shape index (κ1) is 11.2. The number of hydrogen-bond donors (Lipinski definition) is 1. The lowest BCUT2D eigenvalue weighted by Crippen LogP contribution is -2.19. The van der Waals surface area contributed by atoms with Crippen LogP contribution in [0.1, 0.15) is 12.5 Å². The van der Waals surface area contributed by atoms with E-state index in [1.165, 1.54) is 6.92 Å². The largest absolute Gasteiger partial charge is 0.345 e. The van der Waals surface area contributed by atoms with Gasteiger partial charge in [0.2, 0.25) is 5.91 Å². The predicted octanol–water partition coefficient (Wildman–Crippen LogP) is 1.72. The number of hydrogen-bond acceptors (Lipinski definition) is 2. The number of rotatable bonds is 1. The standard InChI is InChI=1S/C14H12N2O/c1-11(17)16-8-3-6-12-4-2-5-13-7-9-15-10-14(12)13/h2,4-5,7,9-10H,8H2,1H3,(H,16,17). The van der Waals surface area contributed by atoms with Gasteiger partial charge in [0.15, 0.2) is 0 Å². The van der Waals surface area contributed by atoms with E-state index in [1.54, 1.807) is 12.4 Å². The summed E-state index contributed by atoms with van der Waals surface area (Å²) in [5, 5.41) is 4.79. The van der Waals surface area contributed by atoms with Crippen LogP contribution in [0.4, 0.5) is 0 Å². The van der Waals surface area contributed by atoms with Gasteiger partial charge in [-0.1, -0.05) is 24.0 Å². The smallest absolute Gasteiger partial charge is 0.217 e. The summed E-state index contributed by atoms with van der Waals surface area (Å²) in [5.74, 6) is 5.88. The Morgan fingerprint density at radius 2 is 2.29 bits per heavy atom. The van der Waals surface area contributed by atoms with Crippen molar-refractivity contribution in [2.75, 3.05) is 6.54 Å². The maximum absolute atomic E-state index is 10.7. The van der Waals surface area contributed by atoms with Crippen molar-refractivity contribution in [3.05, 3.63) is 42.2 Å². The molecule has 0 saturated heterocycles. The summed E-state index contributed by atoms with van der Waals surface area (Å²) in [4.78, 5) is 14.8. The third kappa shape index (κ3) is 2.82. The van der Waals surface area contributed by atoms with Gasteiger partial charge in [0.05, 0.1) is 6.54 Å². The minimum absolute atomic E-state index is 0.0705. The Bertz CT molecular complexity index is 603. The topological polar surface area (TPSA) is 42.0 Å². The molecule has 3 nitrogen and oxygen atoms in total. The number of carbonyl (C=O) groups is 1. The van der Waals surface area contributed by atoms with Crippen LogP contribution in [0.25, 0.3) is 10.8 Å². The highest BCUT2D eigenvalue weighted by Crippen LogP contribution is 2.15. The van der Waals surface area contributed by atoms with Crippen molar-refractivity contribution in [1.29, 1.82) is 0 Å². The van der Waals surface area contributed by atoms with Crippen LogP contribution in [0, 0.1) is 11.8 Å². The molecule has 0 saturated carbocycles. The van der Waals surface area contributed by atoms with Gasteiger partial charge in [0.25, 0.3) is 0 Å². The molecule has 1 heterocycles. The average Bonchev–Trinajstić information content (AvgIpc) is 2.34. The fourth-order valence-electron chi connectivity index (χ4n) is 1.53. The van der Waals surface area contributed by atoms with Gasteiger partial charge in [-0.25, -0.2) is 0 Å². The molecular formula is C14H12N2O. The Morgan fingerprint density at radius 3 is 3.12 bits per heavy atom. The molecule has 1 amide bonds. The van der Waals surface area contributed by atoms with Gasteiger partial charge in [-0.2, -0.15) is 0 Å². The molecule has 17 heavy (non-hydrogen) atoms. The van der Waals surface area contributed by atoms with Crippen molar-refractivity contribution >= 4 is 16.7 Å². The number of fused-ring (bicyclic) bond motifs is 1. The summed E-state index contributed by atoms with van der Waals surface area (Å²) in [6, 6.07) is 7.89. The van der Waals surface area contributed by atoms with E-state index in [-0.39, 0.29) is 5.91 Å². The lowest BCUT2D eigenvalue weighted by Gasteiger charge is -1.98. The third-order valence-corrected chi connectivity index (χ3v) is 2.33. The maximum Gasteiger partial charge on any atom is 0.217 e. The van der Waals surface area contributed by atoms with Crippen LogP contribution < -0.4 is 5.32 Å². The van der Waals surface area contributed by atoms with Gasteiger partial charge < -0.3 is 5.32 Å². The monoisotopic (exact) mass is 224 g/mol. The van der Waals surface area contributed by atoms with Gasteiger partial charge in [-0.15, -0.1) is 0 Å². The number of nitrogens with one attached hydrogen (secondary N) is 1. The summed E-state index contributed by atoms with van der Waals surface area (Å²) in [6.45, 7) is 1.84. The SMILES string of the molecule is CC(=O)NCC#Cc1cccc2ccncc12. The molecule has 1 aromatic carbocycles. The van der Waals surface area contributed by atoms with Gasteiger partial charge in [-0.05, 0) is 17.5 Å². The fourth-order valence-corrected chi connectivity index (χ4v) is 1.53. The number of nitrogens with zero attached hydrogens (tertiary/aromatic N) is 1. The van der Waals surface area contributed by atoms with E-state index >= 15 is 0 Å². The summed E-state index contributed by atoms with van der Waals surface area (Å²) >= 11 is 0. The Balaban J connectivity index is 2.26. The molecular weight excluding hydrogens is 212 g/mol. The van der Waals surface area contributed by atoms with Crippen molar-refractivity contribution in [3.63, 3.8) is 0 Å². The average molecular weight is 224 g/mol. The molecule has 0 atom stereocenters. The molecule has 2 rings (SSSR count). The summed E-state index contributed by atoms with van der Waals surface area (Å²) in [6.07, 6.45) is 3.56. The van der Waals surface area contributed by atoms with Crippen LogP contribution in [0.2, 0.25) is 0 Å². The molecule has 2 aromatic rings. The maximum atomic E-state index is 10.7. The highest BCUT2D eigenvalue weighted by atomic mass is 16.1. The number of pyridine rings is 1. The second-order valence-electron chi connectivity index (χ2n) is 3.61. The highest BCUT2D eigenvalue weighted by Gasteiger charge is 1.96. The number of amides is 1. The van der Waals surface area contributed by atoms with E-state index in [0.29, 0.717) is 6.54 Å². The Kier molecular flexibility index (Phi) is 3.37. The fraction of sp³-hybridized carbons (Fsp3) is 0.143. The summed E-state index contributed by atoms with van der Waals surface area (Å²) in [5.41, 5.74) is 0.931. The molecule has 1 N–H and O–H groups in total. The van der Waals surface area contributed by atoms with Crippen molar-refractivity contribution in [2.24, 2.45) is 0 Å². The number of benzene rings is 1. The second-order valence-corrected chi connectivity index (χ2v) is 3.61. The minimum atomic E-state index is -0.0705. The quantitative estimate of drug-likeness (QED) is 0.749.